The van der Waals surface area contributed by atoms with Crippen LogP contribution in [0.25, 0.3) is 0 Å². The Morgan fingerprint density at radius 1 is 1.20 bits per heavy atom. The fourth-order valence-electron chi connectivity index (χ4n) is 3.72. The summed E-state index contributed by atoms with van der Waals surface area (Å²) in [4.78, 5) is 0. The minimum atomic E-state index is 0.179. The molecule has 2 saturated carbocycles. The summed E-state index contributed by atoms with van der Waals surface area (Å²) in [5.41, 5.74) is 1.63. The molecule has 0 bridgehead atoms. The summed E-state index contributed by atoms with van der Waals surface area (Å²) < 4.78 is 1.24. The zero-order valence-corrected chi connectivity index (χ0v) is 13.5. The summed E-state index contributed by atoms with van der Waals surface area (Å²) in [6.07, 6.45) is 7.40. The minimum absolute atomic E-state index is 0.179. The number of halogens is 1. The van der Waals surface area contributed by atoms with E-state index in [-0.39, 0.29) is 5.41 Å². The molecule has 1 aromatic carbocycles. The summed E-state index contributed by atoms with van der Waals surface area (Å²) >= 11 is 3.65. The van der Waals surface area contributed by atoms with Gasteiger partial charge in [0.05, 0.1) is 0 Å². The van der Waals surface area contributed by atoms with Crippen molar-refractivity contribution in [3.63, 3.8) is 0 Å². The molecule has 0 spiro atoms. The van der Waals surface area contributed by atoms with Crippen LogP contribution in [0.4, 0.5) is 0 Å². The van der Waals surface area contributed by atoms with Gasteiger partial charge in [-0.1, -0.05) is 47.0 Å². The van der Waals surface area contributed by atoms with Crippen LogP contribution in [0.15, 0.2) is 28.7 Å². The summed E-state index contributed by atoms with van der Waals surface area (Å²) in [7, 11) is 0. The Morgan fingerprint density at radius 3 is 2.55 bits per heavy atom. The predicted molar refractivity (Wildman–Crippen MR) is 85.9 cm³/mol. The van der Waals surface area contributed by atoms with Crippen LogP contribution in [0.2, 0.25) is 0 Å². The fourth-order valence-corrected chi connectivity index (χ4v) is 4.33. The van der Waals surface area contributed by atoms with Crippen molar-refractivity contribution in [2.24, 2.45) is 5.41 Å². The van der Waals surface area contributed by atoms with Gasteiger partial charge >= 0.3 is 0 Å². The van der Waals surface area contributed by atoms with Crippen molar-refractivity contribution in [2.45, 2.75) is 50.5 Å². The lowest BCUT2D eigenvalue weighted by Crippen LogP contribution is -2.46. The Kier molecular flexibility index (Phi) is 4.49. The summed E-state index contributed by atoms with van der Waals surface area (Å²) in [5, 5.41) is 13.3. The van der Waals surface area contributed by atoms with Crippen molar-refractivity contribution in [3.8, 4) is 0 Å². The monoisotopic (exact) mass is 337 g/mol. The molecule has 2 aliphatic rings. The topological polar surface area (TPSA) is 32.3 Å². The molecular formula is C17H24BrNO. The number of aliphatic hydroxyl groups is 1. The molecule has 1 aromatic rings. The highest BCUT2D eigenvalue weighted by Crippen LogP contribution is 2.41. The largest absolute Gasteiger partial charge is 0.396 e. The maximum Gasteiger partial charge on any atom is 0.0499 e. The highest BCUT2D eigenvalue weighted by Gasteiger charge is 2.36. The zero-order chi connectivity index (χ0) is 14.0. The highest BCUT2D eigenvalue weighted by molar-refractivity contribution is 9.10. The number of hydrogen-bond donors (Lipinski definition) is 2. The third kappa shape index (κ3) is 2.95. The maximum absolute atomic E-state index is 9.64. The second-order valence-electron chi connectivity index (χ2n) is 6.63. The molecule has 3 rings (SSSR count). The van der Waals surface area contributed by atoms with E-state index >= 15 is 0 Å². The molecule has 0 heterocycles. The van der Waals surface area contributed by atoms with Gasteiger partial charge in [-0.25, -0.2) is 0 Å². The highest BCUT2D eigenvalue weighted by atomic mass is 79.9. The van der Waals surface area contributed by atoms with Crippen LogP contribution in [0.5, 0.6) is 0 Å². The van der Waals surface area contributed by atoms with Crippen molar-refractivity contribution in [3.05, 3.63) is 34.3 Å². The van der Waals surface area contributed by atoms with Gasteiger partial charge in [0.25, 0.3) is 0 Å². The Hall–Kier alpha value is -0.380. The second kappa shape index (κ2) is 6.17. The average molecular weight is 338 g/mol. The van der Waals surface area contributed by atoms with Crippen LogP contribution >= 0.6 is 15.9 Å². The smallest absolute Gasteiger partial charge is 0.0499 e. The average Bonchev–Trinajstić information content (AvgIpc) is 2.88. The van der Waals surface area contributed by atoms with Gasteiger partial charge in [-0.2, -0.15) is 0 Å². The van der Waals surface area contributed by atoms with Crippen molar-refractivity contribution in [2.75, 3.05) is 13.2 Å². The molecule has 0 aliphatic heterocycles. The van der Waals surface area contributed by atoms with E-state index in [9.17, 15) is 5.11 Å². The first-order chi connectivity index (χ1) is 9.72. The van der Waals surface area contributed by atoms with Crippen LogP contribution in [0, 0.1) is 5.41 Å². The third-order valence-electron chi connectivity index (χ3n) is 5.25. The van der Waals surface area contributed by atoms with Crippen LogP contribution in [-0.4, -0.2) is 24.3 Å². The molecule has 0 amide bonds. The normalized spacial score (nSPS) is 28.3. The molecule has 0 saturated heterocycles. The van der Waals surface area contributed by atoms with Gasteiger partial charge in [0.1, 0.15) is 0 Å². The van der Waals surface area contributed by atoms with Crippen LogP contribution in [0.3, 0.4) is 0 Å². The lowest BCUT2D eigenvalue weighted by molar-refractivity contribution is 0.117. The fraction of sp³-hybridized carbons (Fsp3) is 0.647. The maximum atomic E-state index is 9.64. The van der Waals surface area contributed by atoms with Crippen LogP contribution in [0.1, 0.15) is 50.0 Å². The van der Waals surface area contributed by atoms with Gasteiger partial charge in [0, 0.05) is 29.1 Å². The van der Waals surface area contributed by atoms with Gasteiger partial charge < -0.3 is 10.4 Å². The minimum Gasteiger partial charge on any atom is -0.396 e. The molecule has 0 unspecified atom stereocenters. The first kappa shape index (κ1) is 14.6. The first-order valence-corrected chi connectivity index (χ1v) is 8.60. The van der Waals surface area contributed by atoms with E-state index in [1.807, 2.05) is 0 Å². The lowest BCUT2D eigenvalue weighted by atomic mass is 9.75. The molecule has 3 heteroatoms. The molecule has 2 aliphatic carbocycles. The van der Waals surface area contributed by atoms with Gasteiger partial charge in [-0.05, 0) is 43.2 Å². The van der Waals surface area contributed by atoms with Crippen molar-refractivity contribution in [1.82, 2.24) is 5.32 Å². The Labute approximate surface area is 130 Å². The van der Waals surface area contributed by atoms with Crippen molar-refractivity contribution < 1.29 is 5.11 Å². The van der Waals surface area contributed by atoms with E-state index in [1.165, 1.54) is 48.6 Å². The summed E-state index contributed by atoms with van der Waals surface area (Å²) in [6, 6.07) is 9.20. The number of benzene rings is 1. The standard InChI is InChI=1S/C17H24BrNO/c18-16-6-2-1-5-15(16)13-9-14(10-13)19-11-17(12-20)7-3-4-8-17/h1-2,5-6,13-14,19-20H,3-4,7-12H2. The summed E-state index contributed by atoms with van der Waals surface area (Å²) in [5.74, 6) is 0.691. The summed E-state index contributed by atoms with van der Waals surface area (Å²) in [6.45, 7) is 1.34. The van der Waals surface area contributed by atoms with E-state index in [4.69, 9.17) is 0 Å². The number of aliphatic hydroxyl groups excluding tert-OH is 1. The van der Waals surface area contributed by atoms with E-state index in [0.29, 0.717) is 18.6 Å². The van der Waals surface area contributed by atoms with Gasteiger partial charge in [0.2, 0.25) is 0 Å². The van der Waals surface area contributed by atoms with Crippen molar-refractivity contribution in [1.29, 1.82) is 0 Å². The van der Waals surface area contributed by atoms with Crippen molar-refractivity contribution >= 4 is 15.9 Å². The first-order valence-electron chi connectivity index (χ1n) is 7.81. The SMILES string of the molecule is OCC1(CNC2CC(c3ccccc3Br)C2)CCCC1. The lowest BCUT2D eigenvalue weighted by Gasteiger charge is -2.39. The molecule has 2 fully saturated rings. The molecule has 0 aromatic heterocycles. The molecule has 110 valence electrons. The third-order valence-corrected chi connectivity index (χ3v) is 5.97. The zero-order valence-electron chi connectivity index (χ0n) is 11.9. The van der Waals surface area contributed by atoms with Gasteiger partial charge in [-0.15, -0.1) is 0 Å². The Balaban J connectivity index is 1.48. The molecule has 2 nitrogen and oxygen atoms in total. The number of nitrogens with one attached hydrogen (secondary N) is 1. The predicted octanol–water partition coefficient (Wildman–Crippen LogP) is 3.84. The van der Waals surface area contributed by atoms with Crippen LogP contribution in [-0.2, 0) is 0 Å². The van der Waals surface area contributed by atoms with Gasteiger partial charge in [0.15, 0.2) is 0 Å². The Bertz CT molecular complexity index is 450. The van der Waals surface area contributed by atoms with E-state index < -0.39 is 0 Å². The number of rotatable bonds is 5. The number of hydrogen-bond acceptors (Lipinski definition) is 2. The van der Waals surface area contributed by atoms with Crippen LogP contribution < -0.4 is 5.32 Å². The van der Waals surface area contributed by atoms with E-state index in [0.717, 1.165) is 6.54 Å². The molecule has 0 atom stereocenters. The molecule has 20 heavy (non-hydrogen) atoms. The second-order valence-corrected chi connectivity index (χ2v) is 7.49. The molecule has 2 N–H and O–H groups in total. The molecule has 0 radical (unpaired) electrons. The Morgan fingerprint density at radius 2 is 1.90 bits per heavy atom. The quantitative estimate of drug-likeness (QED) is 0.855. The molecular weight excluding hydrogens is 314 g/mol. The van der Waals surface area contributed by atoms with E-state index in [2.05, 4.69) is 45.5 Å². The van der Waals surface area contributed by atoms with E-state index in [1.54, 1.807) is 0 Å². The van der Waals surface area contributed by atoms with Gasteiger partial charge in [-0.3, -0.25) is 0 Å².